The summed E-state index contributed by atoms with van der Waals surface area (Å²) in [4.78, 5) is 14.7. The summed E-state index contributed by atoms with van der Waals surface area (Å²) < 4.78 is 40.8. The Morgan fingerprint density at radius 3 is 2.37 bits per heavy atom. The highest BCUT2D eigenvalue weighted by molar-refractivity contribution is 5.98. The maximum Gasteiger partial charge on any atom is 0.387 e. The molecule has 1 aliphatic rings. The molecule has 0 saturated carbocycles. The lowest BCUT2D eigenvalue weighted by Crippen LogP contribution is -2.33. The van der Waals surface area contributed by atoms with Crippen molar-refractivity contribution in [3.8, 4) is 17.2 Å². The molecule has 0 aromatic heterocycles. The second-order valence-corrected chi connectivity index (χ2v) is 6.11. The van der Waals surface area contributed by atoms with Crippen LogP contribution in [0.25, 0.3) is 0 Å². The highest BCUT2D eigenvalue weighted by atomic mass is 19.3. The molecule has 2 aromatic rings. The van der Waals surface area contributed by atoms with Crippen molar-refractivity contribution < 1.29 is 27.8 Å². The summed E-state index contributed by atoms with van der Waals surface area (Å²) >= 11 is 0. The molecule has 0 saturated heterocycles. The van der Waals surface area contributed by atoms with Gasteiger partial charge in [-0.25, -0.2) is 0 Å². The van der Waals surface area contributed by atoms with Crippen LogP contribution in [0.3, 0.4) is 0 Å². The first-order chi connectivity index (χ1) is 13.0. The maximum absolute atomic E-state index is 13.0. The fraction of sp³-hybridized carbons (Fsp3) is 0.350. The Morgan fingerprint density at radius 2 is 1.67 bits per heavy atom. The zero-order chi connectivity index (χ0) is 19.4. The largest absolute Gasteiger partial charge is 0.496 e. The number of amides is 1. The monoisotopic (exact) mass is 377 g/mol. The summed E-state index contributed by atoms with van der Waals surface area (Å²) in [6.07, 6.45) is 1.29. The third-order valence-electron chi connectivity index (χ3n) is 4.66. The first-order valence-corrected chi connectivity index (χ1v) is 8.61. The summed E-state index contributed by atoms with van der Waals surface area (Å²) in [6, 6.07) is 10.4. The Bertz CT molecular complexity index is 826. The maximum atomic E-state index is 13.0. The van der Waals surface area contributed by atoms with Crippen molar-refractivity contribution in [2.45, 2.75) is 19.5 Å². The minimum Gasteiger partial charge on any atom is -0.496 e. The number of benzene rings is 2. The van der Waals surface area contributed by atoms with Crippen LogP contribution in [0.15, 0.2) is 36.4 Å². The molecule has 1 heterocycles. The van der Waals surface area contributed by atoms with E-state index in [1.165, 1.54) is 19.2 Å². The minimum absolute atomic E-state index is 0.0626. The van der Waals surface area contributed by atoms with E-state index >= 15 is 0 Å². The van der Waals surface area contributed by atoms with E-state index in [-0.39, 0.29) is 23.0 Å². The second-order valence-electron chi connectivity index (χ2n) is 6.11. The lowest BCUT2D eigenvalue weighted by Gasteiger charge is -2.22. The molecule has 0 unspecified atom stereocenters. The number of carbonyl (C=O) groups excluding carboxylic acids is 1. The molecule has 0 aliphatic carbocycles. The molecule has 1 amide bonds. The number of fused-ring (bicyclic) bond motifs is 1. The molecule has 27 heavy (non-hydrogen) atoms. The van der Waals surface area contributed by atoms with Crippen molar-refractivity contribution >= 4 is 5.91 Å². The van der Waals surface area contributed by atoms with Crippen LogP contribution in [-0.4, -0.2) is 44.7 Å². The Kier molecular flexibility index (Phi) is 5.78. The van der Waals surface area contributed by atoms with Crippen LogP contribution in [0.5, 0.6) is 17.2 Å². The lowest BCUT2D eigenvalue weighted by molar-refractivity contribution is -0.0516. The predicted molar refractivity (Wildman–Crippen MR) is 95.9 cm³/mol. The van der Waals surface area contributed by atoms with Gasteiger partial charge in [0.05, 0.1) is 19.8 Å². The van der Waals surface area contributed by atoms with E-state index < -0.39 is 6.61 Å². The molecule has 0 atom stereocenters. The van der Waals surface area contributed by atoms with Gasteiger partial charge in [0, 0.05) is 13.1 Å². The van der Waals surface area contributed by atoms with Crippen molar-refractivity contribution in [1.29, 1.82) is 0 Å². The molecular weight excluding hydrogens is 356 g/mol. The van der Waals surface area contributed by atoms with Gasteiger partial charge in [0.2, 0.25) is 0 Å². The standard InChI is InChI=1S/C20H21F2NO4/c1-25-16-7-3-5-13-9-11-23(12-10-14(13)16)19(24)15-6-4-8-17(26-2)18(15)27-20(21)22/h3-8,20H,9-12H2,1-2H3. The summed E-state index contributed by atoms with van der Waals surface area (Å²) in [5.41, 5.74) is 2.26. The van der Waals surface area contributed by atoms with E-state index in [9.17, 15) is 13.6 Å². The van der Waals surface area contributed by atoms with E-state index in [0.717, 1.165) is 16.9 Å². The Labute approximate surface area is 156 Å². The molecule has 0 radical (unpaired) electrons. The second kappa shape index (κ2) is 8.24. The molecule has 3 rings (SSSR count). The first kappa shape index (κ1) is 18.9. The quantitative estimate of drug-likeness (QED) is 0.800. The number of ether oxygens (including phenoxy) is 3. The topological polar surface area (TPSA) is 48.0 Å². The zero-order valence-corrected chi connectivity index (χ0v) is 15.2. The summed E-state index contributed by atoms with van der Waals surface area (Å²) in [5, 5.41) is 0. The van der Waals surface area contributed by atoms with Crippen LogP contribution in [0.2, 0.25) is 0 Å². The van der Waals surface area contributed by atoms with Crippen molar-refractivity contribution in [3.63, 3.8) is 0 Å². The number of nitrogens with zero attached hydrogens (tertiary/aromatic N) is 1. The van der Waals surface area contributed by atoms with Crippen molar-refractivity contribution in [1.82, 2.24) is 4.90 Å². The van der Waals surface area contributed by atoms with Crippen molar-refractivity contribution in [2.75, 3.05) is 27.3 Å². The highest BCUT2D eigenvalue weighted by Gasteiger charge is 2.26. The third-order valence-corrected chi connectivity index (χ3v) is 4.66. The molecule has 144 valence electrons. The van der Waals surface area contributed by atoms with Gasteiger partial charge in [-0.15, -0.1) is 0 Å². The van der Waals surface area contributed by atoms with Gasteiger partial charge in [0.1, 0.15) is 5.75 Å². The van der Waals surface area contributed by atoms with Gasteiger partial charge in [0.15, 0.2) is 11.5 Å². The lowest BCUT2D eigenvalue weighted by atomic mass is 10.0. The SMILES string of the molecule is COc1cccc2c1CCN(C(=O)c1cccc(OC)c1OC(F)F)CC2. The molecule has 0 bridgehead atoms. The molecular formula is C20H21F2NO4. The van der Waals surface area contributed by atoms with Gasteiger partial charge in [-0.05, 0) is 42.2 Å². The number of rotatable bonds is 5. The fourth-order valence-corrected chi connectivity index (χ4v) is 3.36. The number of carbonyl (C=O) groups is 1. The van der Waals surface area contributed by atoms with E-state index in [1.54, 1.807) is 18.1 Å². The molecule has 1 aliphatic heterocycles. The molecule has 2 aromatic carbocycles. The van der Waals surface area contributed by atoms with Crippen LogP contribution in [0, 0.1) is 0 Å². The van der Waals surface area contributed by atoms with Gasteiger partial charge in [-0.1, -0.05) is 18.2 Å². The number of para-hydroxylation sites is 1. The molecule has 0 N–H and O–H groups in total. The average Bonchev–Trinajstić information content (AvgIpc) is 2.89. The molecule has 0 fully saturated rings. The average molecular weight is 377 g/mol. The smallest absolute Gasteiger partial charge is 0.387 e. The predicted octanol–water partition coefficient (Wildman–Crippen LogP) is 3.55. The summed E-state index contributed by atoms with van der Waals surface area (Å²) in [7, 11) is 2.96. The van der Waals surface area contributed by atoms with Gasteiger partial charge in [0.25, 0.3) is 5.91 Å². The third kappa shape index (κ3) is 3.97. The number of alkyl halides is 2. The molecule has 5 nitrogen and oxygen atoms in total. The van der Waals surface area contributed by atoms with Gasteiger partial charge >= 0.3 is 6.61 Å². The van der Waals surface area contributed by atoms with Gasteiger partial charge in [-0.2, -0.15) is 8.78 Å². The van der Waals surface area contributed by atoms with Crippen LogP contribution in [0.1, 0.15) is 21.5 Å². The number of hydrogen-bond donors (Lipinski definition) is 0. The van der Waals surface area contributed by atoms with E-state index in [0.29, 0.717) is 25.9 Å². The van der Waals surface area contributed by atoms with Crippen molar-refractivity contribution in [3.05, 3.63) is 53.1 Å². The Hall–Kier alpha value is -2.83. The summed E-state index contributed by atoms with van der Waals surface area (Å²) in [6.45, 7) is -2.12. The van der Waals surface area contributed by atoms with Gasteiger partial charge < -0.3 is 19.1 Å². The zero-order valence-electron chi connectivity index (χ0n) is 15.2. The Balaban J connectivity index is 1.87. The van der Waals surface area contributed by atoms with E-state index in [4.69, 9.17) is 9.47 Å². The van der Waals surface area contributed by atoms with Crippen LogP contribution < -0.4 is 14.2 Å². The van der Waals surface area contributed by atoms with Crippen LogP contribution in [0.4, 0.5) is 8.78 Å². The van der Waals surface area contributed by atoms with E-state index in [1.807, 2.05) is 18.2 Å². The molecule has 0 spiro atoms. The minimum atomic E-state index is -3.05. The van der Waals surface area contributed by atoms with E-state index in [2.05, 4.69) is 4.74 Å². The van der Waals surface area contributed by atoms with Crippen molar-refractivity contribution in [2.24, 2.45) is 0 Å². The molecule has 7 heteroatoms. The fourth-order valence-electron chi connectivity index (χ4n) is 3.36. The number of halogens is 2. The highest BCUT2D eigenvalue weighted by Crippen LogP contribution is 2.34. The number of hydrogen-bond acceptors (Lipinski definition) is 4. The van der Waals surface area contributed by atoms with Crippen LogP contribution >= 0.6 is 0 Å². The first-order valence-electron chi connectivity index (χ1n) is 8.61. The Morgan fingerprint density at radius 1 is 1.00 bits per heavy atom. The van der Waals surface area contributed by atoms with Gasteiger partial charge in [-0.3, -0.25) is 4.79 Å². The van der Waals surface area contributed by atoms with Crippen LogP contribution in [-0.2, 0) is 12.8 Å². The number of methoxy groups -OCH3 is 2. The normalized spacial score (nSPS) is 13.7. The summed E-state index contributed by atoms with van der Waals surface area (Å²) in [5.74, 6) is 0.293.